The highest BCUT2D eigenvalue weighted by Gasteiger charge is 2.36. The van der Waals surface area contributed by atoms with Crippen LogP contribution in [0.5, 0.6) is 0 Å². The third-order valence-electron chi connectivity index (χ3n) is 2.45. The van der Waals surface area contributed by atoms with Gasteiger partial charge in [-0.25, -0.2) is 9.78 Å². The lowest BCUT2D eigenvalue weighted by molar-refractivity contribution is -0.141. The minimum atomic E-state index is -4.77. The van der Waals surface area contributed by atoms with Gasteiger partial charge in [-0.3, -0.25) is 4.68 Å². The van der Waals surface area contributed by atoms with Gasteiger partial charge in [0.15, 0.2) is 5.69 Å². The highest BCUT2D eigenvalue weighted by Crippen LogP contribution is 2.28. The van der Waals surface area contributed by atoms with Crippen molar-refractivity contribution in [3.8, 4) is 0 Å². The van der Waals surface area contributed by atoms with Crippen molar-refractivity contribution >= 4 is 5.97 Å². The summed E-state index contributed by atoms with van der Waals surface area (Å²) in [5.41, 5.74) is -2.09. The summed E-state index contributed by atoms with van der Waals surface area (Å²) in [5.74, 6) is -2.48. The maximum atomic E-state index is 13.3. The molecule has 0 saturated carbocycles. The lowest BCUT2D eigenvalue weighted by Gasteiger charge is -2.05. The van der Waals surface area contributed by atoms with E-state index in [0.717, 1.165) is 0 Å². The van der Waals surface area contributed by atoms with E-state index < -0.39 is 36.0 Å². The summed E-state index contributed by atoms with van der Waals surface area (Å²) in [6, 6.07) is 3.06. The number of hydrogen-bond acceptors (Lipinski definition) is 3. The summed E-state index contributed by atoms with van der Waals surface area (Å²) in [5, 5.41) is 12.0. The molecule has 0 radical (unpaired) electrons. The van der Waals surface area contributed by atoms with Crippen molar-refractivity contribution in [2.45, 2.75) is 12.7 Å². The molecule has 1 N–H and O–H groups in total. The van der Waals surface area contributed by atoms with Gasteiger partial charge in [-0.2, -0.15) is 22.7 Å². The van der Waals surface area contributed by atoms with Crippen LogP contribution in [0.1, 0.15) is 21.7 Å². The van der Waals surface area contributed by atoms with Gasteiger partial charge in [0.05, 0.1) is 6.54 Å². The molecule has 20 heavy (non-hydrogen) atoms. The number of alkyl halides is 3. The Kier molecular flexibility index (Phi) is 3.43. The van der Waals surface area contributed by atoms with E-state index in [-0.39, 0.29) is 5.56 Å². The second-order valence-electron chi connectivity index (χ2n) is 3.83. The Balaban J connectivity index is 2.43. The molecule has 106 valence electrons. The molecule has 9 heteroatoms. The van der Waals surface area contributed by atoms with Crippen LogP contribution in [-0.2, 0) is 12.7 Å². The minimum absolute atomic E-state index is 0.0631. The van der Waals surface area contributed by atoms with Crippen LogP contribution < -0.4 is 0 Å². The molecule has 5 nitrogen and oxygen atoms in total. The van der Waals surface area contributed by atoms with Crippen molar-refractivity contribution in [1.29, 1.82) is 0 Å². The second-order valence-corrected chi connectivity index (χ2v) is 3.83. The third kappa shape index (κ3) is 2.76. The molecule has 0 saturated heterocycles. The molecule has 0 aromatic carbocycles. The molecule has 0 aliphatic rings. The van der Waals surface area contributed by atoms with E-state index in [9.17, 15) is 22.4 Å². The molecule has 0 amide bonds. The van der Waals surface area contributed by atoms with Crippen molar-refractivity contribution in [1.82, 2.24) is 14.8 Å². The molecule has 0 aliphatic carbocycles. The Labute approximate surface area is 109 Å². The van der Waals surface area contributed by atoms with E-state index in [0.29, 0.717) is 10.7 Å². The maximum Gasteiger partial charge on any atom is 0.435 e. The largest absolute Gasteiger partial charge is 0.477 e. The summed E-state index contributed by atoms with van der Waals surface area (Å²) in [7, 11) is 0. The third-order valence-corrected chi connectivity index (χ3v) is 2.45. The zero-order valence-electron chi connectivity index (χ0n) is 9.73. The topological polar surface area (TPSA) is 68.0 Å². The summed E-state index contributed by atoms with van der Waals surface area (Å²) < 4.78 is 51.4. The number of nitrogens with zero attached hydrogens (tertiary/aromatic N) is 3. The van der Waals surface area contributed by atoms with E-state index in [4.69, 9.17) is 5.11 Å². The number of aromatic carboxylic acids is 1. The Morgan fingerprint density at radius 2 is 2.10 bits per heavy atom. The summed E-state index contributed by atoms with van der Waals surface area (Å²) >= 11 is 0. The molecule has 0 aliphatic heterocycles. The zero-order valence-corrected chi connectivity index (χ0v) is 9.73. The van der Waals surface area contributed by atoms with Crippen molar-refractivity contribution in [3.63, 3.8) is 0 Å². The standard InChI is InChI=1S/C11H7F4N3O2/c12-9-6(2-1-3-16-9)5-18-7(10(19)20)4-8(17-18)11(13,14)15/h1-4H,5H2,(H,19,20). The molecular formula is C11H7F4N3O2. The lowest BCUT2D eigenvalue weighted by Crippen LogP contribution is -2.13. The quantitative estimate of drug-likeness (QED) is 0.694. The van der Waals surface area contributed by atoms with E-state index >= 15 is 0 Å². The molecule has 2 aromatic rings. The predicted molar refractivity (Wildman–Crippen MR) is 57.5 cm³/mol. The zero-order chi connectivity index (χ0) is 14.9. The second kappa shape index (κ2) is 4.91. The first-order valence-electron chi connectivity index (χ1n) is 5.27. The average Bonchev–Trinajstić information content (AvgIpc) is 2.76. The van der Waals surface area contributed by atoms with E-state index in [1.807, 2.05) is 0 Å². The van der Waals surface area contributed by atoms with Crippen molar-refractivity contribution < 1.29 is 27.5 Å². The van der Waals surface area contributed by atoms with Crippen LogP contribution in [0, 0.1) is 5.95 Å². The SMILES string of the molecule is O=C(O)c1cc(C(F)(F)F)nn1Cc1cccnc1F. The number of carboxylic acid groups (broad SMARTS) is 1. The Morgan fingerprint density at radius 3 is 2.65 bits per heavy atom. The summed E-state index contributed by atoms with van der Waals surface area (Å²) in [4.78, 5) is 14.2. The van der Waals surface area contributed by atoms with Crippen molar-refractivity contribution in [3.05, 3.63) is 47.3 Å². The smallest absolute Gasteiger partial charge is 0.435 e. The molecule has 0 spiro atoms. The van der Waals surface area contributed by atoms with Gasteiger partial charge < -0.3 is 5.11 Å². The van der Waals surface area contributed by atoms with Crippen LogP contribution in [0.2, 0.25) is 0 Å². The van der Waals surface area contributed by atoms with Crippen LogP contribution in [-0.4, -0.2) is 25.8 Å². The summed E-state index contributed by atoms with van der Waals surface area (Å²) in [6.45, 7) is -0.461. The normalized spacial score (nSPS) is 11.6. The molecular weight excluding hydrogens is 282 g/mol. The fraction of sp³-hybridized carbons (Fsp3) is 0.182. The molecule has 0 unspecified atom stereocenters. The monoisotopic (exact) mass is 289 g/mol. The fourth-order valence-electron chi connectivity index (χ4n) is 1.55. The molecule has 0 fully saturated rings. The number of halogens is 4. The van der Waals surface area contributed by atoms with Gasteiger partial charge in [0.2, 0.25) is 5.95 Å². The van der Waals surface area contributed by atoms with Gasteiger partial charge in [-0.1, -0.05) is 6.07 Å². The Morgan fingerprint density at radius 1 is 1.40 bits per heavy atom. The number of hydrogen-bond donors (Lipinski definition) is 1. The van der Waals surface area contributed by atoms with Gasteiger partial charge in [-0.05, 0) is 6.07 Å². The van der Waals surface area contributed by atoms with Crippen molar-refractivity contribution in [2.75, 3.05) is 0 Å². The highest BCUT2D eigenvalue weighted by atomic mass is 19.4. The Hall–Kier alpha value is -2.45. The van der Waals surface area contributed by atoms with Gasteiger partial charge in [0, 0.05) is 17.8 Å². The highest BCUT2D eigenvalue weighted by molar-refractivity contribution is 5.85. The van der Waals surface area contributed by atoms with Crippen LogP contribution in [0.3, 0.4) is 0 Å². The molecule has 0 atom stereocenters. The summed E-state index contributed by atoms with van der Waals surface area (Å²) in [6.07, 6.45) is -3.61. The number of pyridine rings is 1. The molecule has 2 rings (SSSR count). The first-order chi connectivity index (χ1) is 9.29. The van der Waals surface area contributed by atoms with Crippen LogP contribution in [0.15, 0.2) is 24.4 Å². The number of carbonyl (C=O) groups is 1. The van der Waals surface area contributed by atoms with Crippen LogP contribution in [0.4, 0.5) is 17.6 Å². The average molecular weight is 289 g/mol. The van der Waals surface area contributed by atoms with Gasteiger partial charge in [-0.15, -0.1) is 0 Å². The van der Waals surface area contributed by atoms with Gasteiger partial charge >= 0.3 is 12.1 Å². The number of aromatic nitrogens is 3. The van der Waals surface area contributed by atoms with E-state index in [2.05, 4.69) is 10.1 Å². The number of carboxylic acids is 1. The fourth-order valence-corrected chi connectivity index (χ4v) is 1.55. The predicted octanol–water partition coefficient (Wildman–Crippen LogP) is 2.18. The van der Waals surface area contributed by atoms with Crippen LogP contribution >= 0.6 is 0 Å². The minimum Gasteiger partial charge on any atom is -0.477 e. The van der Waals surface area contributed by atoms with Gasteiger partial charge in [0.1, 0.15) is 5.69 Å². The Bertz CT molecular complexity index is 651. The molecule has 2 aromatic heterocycles. The maximum absolute atomic E-state index is 13.3. The first-order valence-corrected chi connectivity index (χ1v) is 5.27. The molecule has 2 heterocycles. The van der Waals surface area contributed by atoms with Crippen molar-refractivity contribution in [2.24, 2.45) is 0 Å². The lowest BCUT2D eigenvalue weighted by atomic mass is 10.2. The number of rotatable bonds is 3. The van der Waals surface area contributed by atoms with E-state index in [1.165, 1.54) is 18.3 Å². The van der Waals surface area contributed by atoms with E-state index in [1.54, 1.807) is 0 Å². The van der Waals surface area contributed by atoms with Crippen LogP contribution in [0.25, 0.3) is 0 Å². The first kappa shape index (κ1) is 14.0. The molecule has 0 bridgehead atoms. The van der Waals surface area contributed by atoms with Gasteiger partial charge in [0.25, 0.3) is 0 Å².